The van der Waals surface area contributed by atoms with Gasteiger partial charge in [0.25, 0.3) is 0 Å². The number of benzene rings is 1. The first-order valence-electron chi connectivity index (χ1n) is 12.7. The highest BCUT2D eigenvalue weighted by molar-refractivity contribution is 5.85. The maximum Gasteiger partial charge on any atom is 0.242 e. The van der Waals surface area contributed by atoms with E-state index in [0.717, 1.165) is 31.5 Å². The fourth-order valence-corrected chi connectivity index (χ4v) is 4.05. The normalized spacial score (nSPS) is 11.1. The molecule has 0 bridgehead atoms. The van der Waals surface area contributed by atoms with Crippen LogP contribution < -0.4 is 0 Å². The number of ether oxygens (including phenoxy) is 1. The molecule has 2 aromatic rings. The second kappa shape index (κ2) is 15.3. The van der Waals surface area contributed by atoms with E-state index in [2.05, 4.69) is 35.9 Å². The van der Waals surface area contributed by atoms with Crippen LogP contribution in [0, 0.1) is 0 Å². The van der Waals surface area contributed by atoms with Crippen LogP contribution in [0.15, 0.2) is 48.7 Å². The Bertz CT molecular complexity index is 848. The molecule has 0 atom stereocenters. The summed E-state index contributed by atoms with van der Waals surface area (Å²) in [6.45, 7) is 8.47. The second-order valence-corrected chi connectivity index (χ2v) is 9.20. The number of amides is 2. The van der Waals surface area contributed by atoms with Crippen LogP contribution in [0.4, 0.5) is 0 Å². The van der Waals surface area contributed by atoms with E-state index in [-0.39, 0.29) is 24.4 Å². The van der Waals surface area contributed by atoms with Gasteiger partial charge in [-0.1, -0.05) is 62.9 Å². The van der Waals surface area contributed by atoms with Crippen LogP contribution in [0.1, 0.15) is 70.6 Å². The maximum atomic E-state index is 13.4. The molecule has 1 heterocycles. The second-order valence-electron chi connectivity index (χ2n) is 9.20. The van der Waals surface area contributed by atoms with E-state index >= 15 is 0 Å². The van der Waals surface area contributed by atoms with E-state index in [1.807, 2.05) is 43.0 Å². The first-order chi connectivity index (χ1) is 16.5. The van der Waals surface area contributed by atoms with Gasteiger partial charge in [-0.2, -0.15) is 0 Å². The number of rotatable bonds is 16. The predicted octanol–water partition coefficient (Wildman–Crippen LogP) is 5.11. The number of hydrogen-bond donors (Lipinski definition) is 0. The molecule has 34 heavy (non-hydrogen) atoms. The fraction of sp³-hybridized carbons (Fsp3) is 0.571. The molecular weight excluding hydrogens is 426 g/mol. The van der Waals surface area contributed by atoms with E-state index < -0.39 is 0 Å². The van der Waals surface area contributed by atoms with Gasteiger partial charge in [0.2, 0.25) is 11.8 Å². The van der Waals surface area contributed by atoms with Crippen LogP contribution in [-0.2, 0) is 27.4 Å². The molecular formula is C28H43N3O3. The number of carbonyl (C=O) groups excluding carboxylic acids is 2. The van der Waals surface area contributed by atoms with Gasteiger partial charge in [0.1, 0.15) is 0 Å². The van der Waals surface area contributed by atoms with Crippen molar-refractivity contribution in [3.8, 4) is 0 Å². The Kier molecular flexibility index (Phi) is 12.5. The summed E-state index contributed by atoms with van der Waals surface area (Å²) in [6.07, 6.45) is 8.02. The summed E-state index contributed by atoms with van der Waals surface area (Å²) in [7, 11) is 1.62. The zero-order valence-electron chi connectivity index (χ0n) is 21.5. The molecule has 0 aliphatic rings. The van der Waals surface area contributed by atoms with Crippen LogP contribution in [0.2, 0.25) is 0 Å². The van der Waals surface area contributed by atoms with Crippen molar-refractivity contribution in [2.24, 2.45) is 0 Å². The van der Waals surface area contributed by atoms with Gasteiger partial charge < -0.3 is 19.1 Å². The van der Waals surface area contributed by atoms with Gasteiger partial charge in [-0.05, 0) is 38.0 Å². The minimum Gasteiger partial charge on any atom is -0.383 e. The van der Waals surface area contributed by atoms with Gasteiger partial charge in [0.15, 0.2) is 0 Å². The van der Waals surface area contributed by atoms with Gasteiger partial charge in [-0.15, -0.1) is 0 Å². The van der Waals surface area contributed by atoms with Crippen molar-refractivity contribution >= 4 is 11.8 Å². The molecule has 6 heteroatoms. The Morgan fingerprint density at radius 2 is 1.71 bits per heavy atom. The molecule has 0 saturated heterocycles. The molecule has 2 rings (SSSR count). The first kappa shape index (κ1) is 27.6. The average molecular weight is 470 g/mol. The van der Waals surface area contributed by atoms with Gasteiger partial charge in [0.05, 0.1) is 19.7 Å². The summed E-state index contributed by atoms with van der Waals surface area (Å²) in [5.41, 5.74) is 2.30. The number of carbonyl (C=O) groups is 2. The third-order valence-corrected chi connectivity index (χ3v) is 6.13. The molecule has 0 fully saturated rings. The number of hydrogen-bond acceptors (Lipinski definition) is 3. The largest absolute Gasteiger partial charge is 0.383 e. The van der Waals surface area contributed by atoms with Gasteiger partial charge in [0, 0.05) is 44.6 Å². The molecule has 1 aromatic heterocycles. The standard InChI is InChI=1S/C28H43N3O3/c1-5-6-7-8-12-17-27(32)30(19-20-34-4)23-28(33)31(24(2)3)22-26-16-13-18-29(26)21-25-14-10-9-11-15-25/h9-11,13-16,18,24H,5-8,12,17,19-23H2,1-4H3. The molecule has 0 radical (unpaired) electrons. The molecule has 1 aromatic carbocycles. The lowest BCUT2D eigenvalue weighted by atomic mass is 10.1. The molecule has 0 unspecified atom stereocenters. The quantitative estimate of drug-likeness (QED) is 0.321. The molecule has 0 spiro atoms. The number of methoxy groups -OCH3 is 1. The lowest BCUT2D eigenvalue weighted by molar-refractivity contribution is -0.142. The lowest BCUT2D eigenvalue weighted by Crippen LogP contribution is -2.46. The molecule has 6 nitrogen and oxygen atoms in total. The van der Waals surface area contributed by atoms with E-state index in [1.54, 1.807) is 12.0 Å². The Labute approximate surface area is 205 Å². The molecule has 188 valence electrons. The lowest BCUT2D eigenvalue weighted by Gasteiger charge is -2.31. The highest BCUT2D eigenvalue weighted by atomic mass is 16.5. The molecule has 0 saturated carbocycles. The molecule has 2 amide bonds. The Morgan fingerprint density at radius 1 is 0.971 bits per heavy atom. The van der Waals surface area contributed by atoms with Crippen molar-refractivity contribution in [3.63, 3.8) is 0 Å². The van der Waals surface area contributed by atoms with Crippen LogP contribution in [-0.4, -0.2) is 59.0 Å². The van der Waals surface area contributed by atoms with E-state index in [9.17, 15) is 9.59 Å². The zero-order chi connectivity index (χ0) is 24.8. The summed E-state index contributed by atoms with van der Waals surface area (Å²) >= 11 is 0. The topological polar surface area (TPSA) is 54.8 Å². The molecule has 0 aliphatic carbocycles. The zero-order valence-corrected chi connectivity index (χ0v) is 21.5. The molecule has 0 aliphatic heterocycles. The predicted molar refractivity (Wildman–Crippen MR) is 137 cm³/mol. The maximum absolute atomic E-state index is 13.4. The van der Waals surface area contributed by atoms with Crippen molar-refractivity contribution in [1.82, 2.24) is 14.4 Å². The van der Waals surface area contributed by atoms with E-state index in [1.165, 1.54) is 18.4 Å². The van der Waals surface area contributed by atoms with Gasteiger partial charge in [-0.3, -0.25) is 9.59 Å². The van der Waals surface area contributed by atoms with Gasteiger partial charge in [-0.25, -0.2) is 0 Å². The molecule has 0 N–H and O–H groups in total. The minimum atomic E-state index is -0.0297. The number of aromatic nitrogens is 1. The summed E-state index contributed by atoms with van der Waals surface area (Å²) in [4.78, 5) is 29.8. The average Bonchev–Trinajstić information content (AvgIpc) is 3.26. The first-order valence-corrected chi connectivity index (χ1v) is 12.7. The SMILES string of the molecule is CCCCCCCC(=O)N(CCOC)CC(=O)N(Cc1cccn1Cc1ccccc1)C(C)C. The number of unbranched alkanes of at least 4 members (excludes halogenated alkanes) is 4. The third kappa shape index (κ3) is 9.34. The summed E-state index contributed by atoms with van der Waals surface area (Å²) in [5, 5.41) is 0. The van der Waals surface area contributed by atoms with Gasteiger partial charge >= 0.3 is 0 Å². The van der Waals surface area contributed by atoms with Crippen LogP contribution in [0.3, 0.4) is 0 Å². The summed E-state index contributed by atoms with van der Waals surface area (Å²) < 4.78 is 7.39. The Morgan fingerprint density at radius 3 is 2.38 bits per heavy atom. The van der Waals surface area contributed by atoms with Crippen molar-refractivity contribution in [2.45, 2.75) is 78.4 Å². The van der Waals surface area contributed by atoms with Crippen LogP contribution in [0.5, 0.6) is 0 Å². The summed E-state index contributed by atoms with van der Waals surface area (Å²) in [6, 6.07) is 14.4. The Balaban J connectivity index is 2.02. The van der Waals surface area contributed by atoms with Crippen molar-refractivity contribution in [3.05, 3.63) is 59.9 Å². The smallest absolute Gasteiger partial charge is 0.242 e. The van der Waals surface area contributed by atoms with E-state index in [4.69, 9.17) is 4.74 Å². The summed E-state index contributed by atoms with van der Waals surface area (Å²) in [5.74, 6) is 0.0101. The van der Waals surface area contributed by atoms with Crippen molar-refractivity contribution < 1.29 is 14.3 Å². The minimum absolute atomic E-state index is 0.0287. The van der Waals surface area contributed by atoms with Crippen molar-refractivity contribution in [1.29, 1.82) is 0 Å². The highest BCUT2D eigenvalue weighted by Crippen LogP contribution is 2.14. The van der Waals surface area contributed by atoms with Crippen molar-refractivity contribution in [2.75, 3.05) is 26.8 Å². The fourth-order valence-electron chi connectivity index (χ4n) is 4.05. The van der Waals surface area contributed by atoms with Crippen LogP contribution in [0.25, 0.3) is 0 Å². The monoisotopic (exact) mass is 469 g/mol. The van der Waals surface area contributed by atoms with Crippen LogP contribution >= 0.6 is 0 Å². The van der Waals surface area contributed by atoms with E-state index in [0.29, 0.717) is 26.1 Å². The number of nitrogens with zero attached hydrogens (tertiary/aromatic N) is 3. The highest BCUT2D eigenvalue weighted by Gasteiger charge is 2.23. The third-order valence-electron chi connectivity index (χ3n) is 6.13. The Hall–Kier alpha value is -2.60.